The maximum atomic E-state index is 8.90. The fourth-order valence-corrected chi connectivity index (χ4v) is 1.28. The lowest BCUT2D eigenvalue weighted by atomic mass is 9.77. The number of allylic oxidation sites excluding steroid dienone is 1. The van der Waals surface area contributed by atoms with Gasteiger partial charge in [-0.05, 0) is 26.2 Å². The van der Waals surface area contributed by atoms with Gasteiger partial charge in [0.25, 0.3) is 0 Å². The predicted molar refractivity (Wildman–Crippen MR) is 52.6 cm³/mol. The summed E-state index contributed by atoms with van der Waals surface area (Å²) in [4.78, 5) is 0. The molecule has 68 valence electrons. The van der Waals surface area contributed by atoms with Crippen LogP contribution in [0.1, 0.15) is 40.0 Å². The van der Waals surface area contributed by atoms with Crippen LogP contribution in [0.4, 0.5) is 0 Å². The van der Waals surface area contributed by atoms with E-state index in [1.807, 2.05) is 19.9 Å². The monoisotopic (exact) mass is 165 g/mol. The molecular weight excluding hydrogens is 146 g/mol. The molecule has 0 radical (unpaired) electrons. The summed E-state index contributed by atoms with van der Waals surface area (Å²) < 4.78 is 0. The zero-order valence-electron chi connectivity index (χ0n) is 8.43. The molecule has 0 aliphatic rings. The molecule has 0 rings (SSSR count). The van der Waals surface area contributed by atoms with Crippen molar-refractivity contribution in [2.24, 2.45) is 11.3 Å². The Morgan fingerprint density at radius 3 is 2.50 bits per heavy atom. The van der Waals surface area contributed by atoms with E-state index < -0.39 is 0 Å². The van der Waals surface area contributed by atoms with Crippen molar-refractivity contribution in [1.82, 2.24) is 0 Å². The third-order valence-corrected chi connectivity index (χ3v) is 2.37. The highest BCUT2D eigenvalue weighted by molar-refractivity contribution is 5.02. The van der Waals surface area contributed by atoms with Crippen LogP contribution in [0.3, 0.4) is 0 Å². The molecule has 0 heterocycles. The fraction of sp³-hybridized carbons (Fsp3) is 0.727. The van der Waals surface area contributed by atoms with Crippen LogP contribution in [-0.4, -0.2) is 0 Å². The summed E-state index contributed by atoms with van der Waals surface area (Å²) in [6.07, 6.45) is 5.37. The number of rotatable bonds is 5. The van der Waals surface area contributed by atoms with E-state index in [1.54, 1.807) is 0 Å². The van der Waals surface area contributed by atoms with Crippen molar-refractivity contribution in [3.63, 3.8) is 0 Å². The topological polar surface area (TPSA) is 23.8 Å². The van der Waals surface area contributed by atoms with Gasteiger partial charge in [0.1, 0.15) is 0 Å². The molecular formula is C11H19N. The van der Waals surface area contributed by atoms with E-state index in [9.17, 15) is 0 Å². The van der Waals surface area contributed by atoms with Gasteiger partial charge in [-0.1, -0.05) is 25.8 Å². The lowest BCUT2D eigenvalue weighted by Gasteiger charge is -2.24. The normalized spacial score (nSPS) is 13.5. The highest BCUT2D eigenvalue weighted by atomic mass is 14.4. The van der Waals surface area contributed by atoms with Gasteiger partial charge < -0.3 is 0 Å². The molecule has 0 aliphatic carbocycles. The molecule has 0 aromatic rings. The Kier molecular flexibility index (Phi) is 4.66. The van der Waals surface area contributed by atoms with Gasteiger partial charge in [0.2, 0.25) is 0 Å². The maximum absolute atomic E-state index is 8.90. The van der Waals surface area contributed by atoms with Gasteiger partial charge in [-0.2, -0.15) is 5.26 Å². The van der Waals surface area contributed by atoms with Gasteiger partial charge in [-0.15, -0.1) is 6.58 Å². The fourth-order valence-electron chi connectivity index (χ4n) is 1.28. The molecule has 0 fully saturated rings. The summed E-state index contributed by atoms with van der Waals surface area (Å²) in [7, 11) is 0. The molecule has 12 heavy (non-hydrogen) atoms. The second-order valence-corrected chi connectivity index (χ2v) is 3.82. The molecule has 1 nitrogen and oxygen atoms in total. The van der Waals surface area contributed by atoms with Gasteiger partial charge in [0, 0.05) is 0 Å². The first-order chi connectivity index (χ1) is 5.58. The minimum Gasteiger partial charge on any atom is -0.198 e. The first-order valence-corrected chi connectivity index (χ1v) is 4.62. The quantitative estimate of drug-likeness (QED) is 0.572. The molecule has 1 heteroatoms. The van der Waals surface area contributed by atoms with E-state index in [0.29, 0.717) is 5.92 Å². The summed E-state index contributed by atoms with van der Waals surface area (Å²) in [6.45, 7) is 9.91. The van der Waals surface area contributed by atoms with E-state index in [2.05, 4.69) is 19.6 Å². The first-order valence-electron chi connectivity index (χ1n) is 4.62. The Morgan fingerprint density at radius 2 is 2.17 bits per heavy atom. The first kappa shape index (κ1) is 11.2. The van der Waals surface area contributed by atoms with Gasteiger partial charge in [-0.3, -0.25) is 0 Å². The van der Waals surface area contributed by atoms with Gasteiger partial charge in [0.15, 0.2) is 0 Å². The summed E-state index contributed by atoms with van der Waals surface area (Å²) in [6, 6.07) is 2.33. The second-order valence-electron chi connectivity index (χ2n) is 3.82. The molecule has 0 aromatic carbocycles. The Morgan fingerprint density at radius 1 is 1.58 bits per heavy atom. The number of unbranched alkanes of at least 4 members (excludes halogenated alkanes) is 1. The highest BCUT2D eigenvalue weighted by Gasteiger charge is 2.25. The number of nitriles is 1. The molecule has 0 N–H and O–H groups in total. The van der Waals surface area contributed by atoms with Crippen molar-refractivity contribution in [3.05, 3.63) is 12.7 Å². The minimum atomic E-state index is -0.253. The average Bonchev–Trinajstić information content (AvgIpc) is 2.05. The largest absolute Gasteiger partial charge is 0.198 e. The van der Waals surface area contributed by atoms with Crippen LogP contribution in [0, 0.1) is 22.7 Å². The van der Waals surface area contributed by atoms with Crippen LogP contribution in [0.2, 0.25) is 0 Å². The number of hydrogen-bond acceptors (Lipinski definition) is 1. The predicted octanol–water partition coefficient (Wildman–Crippen LogP) is 3.53. The smallest absolute Gasteiger partial charge is 0.0690 e. The summed E-state index contributed by atoms with van der Waals surface area (Å²) >= 11 is 0. The second kappa shape index (κ2) is 4.98. The van der Waals surface area contributed by atoms with Crippen molar-refractivity contribution < 1.29 is 0 Å². The van der Waals surface area contributed by atoms with Crippen LogP contribution in [0.25, 0.3) is 0 Å². The highest BCUT2D eigenvalue weighted by Crippen LogP contribution is 2.30. The lowest BCUT2D eigenvalue weighted by molar-refractivity contribution is 0.329. The number of nitrogens with zero attached hydrogens (tertiary/aromatic N) is 1. The Hall–Kier alpha value is -0.770. The molecule has 0 aromatic heterocycles. The van der Waals surface area contributed by atoms with Crippen molar-refractivity contribution in [2.45, 2.75) is 40.0 Å². The SMILES string of the molecule is C=CC(CCCC)C(C)(C)C#N. The molecule has 0 bridgehead atoms. The van der Waals surface area contributed by atoms with E-state index in [0.717, 1.165) is 6.42 Å². The number of hydrogen-bond donors (Lipinski definition) is 0. The molecule has 1 atom stereocenters. The van der Waals surface area contributed by atoms with Crippen LogP contribution in [0.15, 0.2) is 12.7 Å². The van der Waals surface area contributed by atoms with E-state index in [1.165, 1.54) is 12.8 Å². The summed E-state index contributed by atoms with van der Waals surface area (Å²) in [5.41, 5.74) is -0.253. The molecule has 0 spiro atoms. The zero-order valence-corrected chi connectivity index (χ0v) is 8.43. The third-order valence-electron chi connectivity index (χ3n) is 2.37. The van der Waals surface area contributed by atoms with Crippen LogP contribution in [0.5, 0.6) is 0 Å². The van der Waals surface area contributed by atoms with Crippen LogP contribution < -0.4 is 0 Å². The van der Waals surface area contributed by atoms with Crippen molar-refractivity contribution >= 4 is 0 Å². The summed E-state index contributed by atoms with van der Waals surface area (Å²) in [5, 5.41) is 8.90. The molecule has 1 unspecified atom stereocenters. The van der Waals surface area contributed by atoms with Crippen molar-refractivity contribution in [1.29, 1.82) is 5.26 Å². The molecule has 0 aliphatic heterocycles. The lowest BCUT2D eigenvalue weighted by Crippen LogP contribution is -2.20. The molecule has 0 saturated carbocycles. The van der Waals surface area contributed by atoms with Crippen LogP contribution >= 0.6 is 0 Å². The standard InChI is InChI=1S/C11H19N/c1-5-7-8-10(6-2)11(3,4)9-12/h6,10H,2,5,7-8H2,1,3-4H3. The third kappa shape index (κ3) is 3.09. The van der Waals surface area contributed by atoms with E-state index in [4.69, 9.17) is 5.26 Å². The molecule has 0 saturated heterocycles. The van der Waals surface area contributed by atoms with Crippen molar-refractivity contribution in [3.8, 4) is 6.07 Å². The molecule has 0 amide bonds. The van der Waals surface area contributed by atoms with Crippen molar-refractivity contribution in [2.75, 3.05) is 0 Å². The van der Waals surface area contributed by atoms with Crippen LogP contribution in [-0.2, 0) is 0 Å². The Balaban J connectivity index is 4.16. The Labute approximate surface area is 76.1 Å². The summed E-state index contributed by atoms with van der Waals surface area (Å²) in [5.74, 6) is 0.336. The van der Waals surface area contributed by atoms with Gasteiger partial charge >= 0.3 is 0 Å². The van der Waals surface area contributed by atoms with E-state index in [-0.39, 0.29) is 5.41 Å². The minimum absolute atomic E-state index is 0.253. The average molecular weight is 165 g/mol. The zero-order chi connectivity index (χ0) is 9.61. The van der Waals surface area contributed by atoms with Gasteiger partial charge in [-0.25, -0.2) is 0 Å². The van der Waals surface area contributed by atoms with Gasteiger partial charge in [0.05, 0.1) is 11.5 Å². The Bertz CT molecular complexity index is 174. The maximum Gasteiger partial charge on any atom is 0.0690 e. The van der Waals surface area contributed by atoms with E-state index >= 15 is 0 Å².